The minimum atomic E-state index is -0.747. The number of amides is 2. The van der Waals surface area contributed by atoms with Gasteiger partial charge in [-0.05, 0) is 49.4 Å². The Morgan fingerprint density at radius 3 is 2.62 bits per heavy atom. The van der Waals surface area contributed by atoms with Gasteiger partial charge in [0.1, 0.15) is 11.5 Å². The van der Waals surface area contributed by atoms with Gasteiger partial charge >= 0.3 is 0 Å². The molecular weight excluding hydrogens is 512 g/mol. The van der Waals surface area contributed by atoms with E-state index in [-0.39, 0.29) is 23.1 Å². The SMILES string of the molecule is COc1ccc(Cl)cc1NC(=O)CSC1=C(C#N)C(c2ccco2)C(C(=O)Nc2ccccc2)=C(C)N1. The van der Waals surface area contributed by atoms with Crippen LogP contribution in [0, 0.1) is 11.3 Å². The number of nitriles is 1. The summed E-state index contributed by atoms with van der Waals surface area (Å²) in [5.41, 5.74) is 2.25. The molecule has 10 heteroatoms. The van der Waals surface area contributed by atoms with Crippen molar-refractivity contribution >= 4 is 46.6 Å². The van der Waals surface area contributed by atoms with E-state index >= 15 is 0 Å². The molecule has 8 nitrogen and oxygen atoms in total. The van der Waals surface area contributed by atoms with Crippen LogP contribution in [0.3, 0.4) is 0 Å². The van der Waals surface area contributed by atoms with Crippen molar-refractivity contribution in [2.75, 3.05) is 23.5 Å². The molecule has 2 aromatic carbocycles. The number of benzene rings is 2. The molecule has 0 saturated heterocycles. The summed E-state index contributed by atoms with van der Waals surface area (Å²) in [6.45, 7) is 1.75. The molecule has 3 aromatic rings. The fourth-order valence-corrected chi connectivity index (χ4v) is 4.95. The first-order valence-electron chi connectivity index (χ1n) is 11.2. The minimum Gasteiger partial charge on any atom is -0.495 e. The molecule has 1 aromatic heterocycles. The van der Waals surface area contributed by atoms with Crippen LogP contribution >= 0.6 is 23.4 Å². The van der Waals surface area contributed by atoms with Crippen LogP contribution in [0.25, 0.3) is 0 Å². The van der Waals surface area contributed by atoms with Crippen LogP contribution in [0.1, 0.15) is 18.6 Å². The number of nitrogens with zero attached hydrogens (tertiary/aromatic N) is 1. The number of para-hydroxylation sites is 1. The molecule has 2 heterocycles. The second-order valence-electron chi connectivity index (χ2n) is 7.97. The highest BCUT2D eigenvalue weighted by molar-refractivity contribution is 8.03. The molecule has 1 aliphatic rings. The van der Waals surface area contributed by atoms with E-state index in [0.29, 0.717) is 44.2 Å². The Morgan fingerprint density at radius 2 is 1.95 bits per heavy atom. The molecule has 0 radical (unpaired) electrons. The molecule has 3 N–H and O–H groups in total. The summed E-state index contributed by atoms with van der Waals surface area (Å²) >= 11 is 7.20. The standard InChI is InChI=1S/C27H23ClN4O4S/c1-16-24(26(34)31-18-7-4-3-5-8-18)25(22-9-6-12-36-22)19(14-29)27(30-16)37-15-23(33)32-20-13-17(28)10-11-21(20)35-2/h3-13,25,30H,15H2,1-2H3,(H,31,34)(H,32,33). The number of allylic oxidation sites excluding steroid dienone is 2. The minimum absolute atomic E-state index is 0.00706. The summed E-state index contributed by atoms with van der Waals surface area (Å²) in [5, 5.41) is 19.8. The lowest BCUT2D eigenvalue weighted by molar-refractivity contribution is -0.114. The Hall–Kier alpha value is -4.13. The molecule has 0 spiro atoms. The van der Waals surface area contributed by atoms with Crippen molar-refractivity contribution in [3.8, 4) is 11.8 Å². The summed E-state index contributed by atoms with van der Waals surface area (Å²) in [6, 6.07) is 19.6. The molecule has 1 unspecified atom stereocenters. The average molecular weight is 535 g/mol. The first kappa shape index (κ1) is 25.9. The van der Waals surface area contributed by atoms with E-state index in [1.165, 1.54) is 13.4 Å². The van der Waals surface area contributed by atoms with E-state index in [9.17, 15) is 14.9 Å². The van der Waals surface area contributed by atoms with Crippen LogP contribution in [-0.2, 0) is 9.59 Å². The van der Waals surface area contributed by atoms with Gasteiger partial charge in [-0.25, -0.2) is 0 Å². The quantitative estimate of drug-likeness (QED) is 0.342. The first-order chi connectivity index (χ1) is 17.9. The van der Waals surface area contributed by atoms with Gasteiger partial charge in [0, 0.05) is 16.4 Å². The fourth-order valence-electron chi connectivity index (χ4n) is 3.89. The molecule has 0 fully saturated rings. The van der Waals surface area contributed by atoms with Crippen molar-refractivity contribution < 1.29 is 18.7 Å². The second kappa shape index (κ2) is 11.7. The number of halogens is 1. The zero-order valence-corrected chi connectivity index (χ0v) is 21.6. The van der Waals surface area contributed by atoms with E-state index in [1.54, 1.807) is 49.4 Å². The predicted molar refractivity (Wildman–Crippen MR) is 144 cm³/mol. The van der Waals surface area contributed by atoms with E-state index < -0.39 is 5.92 Å². The summed E-state index contributed by atoms with van der Waals surface area (Å²) in [5.74, 6) is -0.514. The van der Waals surface area contributed by atoms with Gasteiger partial charge in [0.25, 0.3) is 5.91 Å². The maximum Gasteiger partial charge on any atom is 0.254 e. The Labute approximate surface area is 223 Å². The van der Waals surface area contributed by atoms with Gasteiger partial charge in [0.15, 0.2) is 0 Å². The molecule has 1 atom stereocenters. The smallest absolute Gasteiger partial charge is 0.254 e. The van der Waals surface area contributed by atoms with Gasteiger partial charge in [-0.3, -0.25) is 9.59 Å². The van der Waals surface area contributed by atoms with Crippen LogP contribution in [0.5, 0.6) is 5.75 Å². The normalized spacial score (nSPS) is 15.0. The van der Waals surface area contributed by atoms with Crippen molar-refractivity contribution in [1.82, 2.24) is 5.32 Å². The number of dihydropyridines is 1. The Bertz CT molecular complexity index is 1410. The van der Waals surface area contributed by atoms with Crippen molar-refractivity contribution in [2.45, 2.75) is 12.8 Å². The van der Waals surface area contributed by atoms with Crippen LogP contribution < -0.4 is 20.7 Å². The molecule has 0 saturated carbocycles. The number of methoxy groups -OCH3 is 1. The number of hydrogen-bond donors (Lipinski definition) is 3. The number of carbonyl (C=O) groups is 2. The maximum absolute atomic E-state index is 13.3. The van der Waals surface area contributed by atoms with Gasteiger partial charge in [0.2, 0.25) is 5.91 Å². The molecule has 188 valence electrons. The zero-order valence-electron chi connectivity index (χ0n) is 20.0. The van der Waals surface area contributed by atoms with Gasteiger partial charge in [0.05, 0.1) is 53.0 Å². The molecule has 4 rings (SSSR count). The molecule has 0 bridgehead atoms. The summed E-state index contributed by atoms with van der Waals surface area (Å²) in [6.07, 6.45) is 1.49. The highest BCUT2D eigenvalue weighted by atomic mass is 35.5. The van der Waals surface area contributed by atoms with Gasteiger partial charge < -0.3 is 25.1 Å². The van der Waals surface area contributed by atoms with Crippen molar-refractivity contribution in [2.24, 2.45) is 0 Å². The lowest BCUT2D eigenvalue weighted by atomic mass is 9.85. The third-order valence-corrected chi connectivity index (χ3v) is 6.79. The zero-order chi connectivity index (χ0) is 26.4. The predicted octanol–water partition coefficient (Wildman–Crippen LogP) is 5.65. The fraction of sp³-hybridized carbons (Fsp3) is 0.148. The number of hydrogen-bond acceptors (Lipinski definition) is 7. The van der Waals surface area contributed by atoms with Crippen molar-refractivity contribution in [3.63, 3.8) is 0 Å². The average Bonchev–Trinajstić information content (AvgIpc) is 3.42. The molecule has 1 aliphatic heterocycles. The molecule has 2 amide bonds. The van der Waals surface area contributed by atoms with Crippen molar-refractivity contribution in [1.29, 1.82) is 5.26 Å². The summed E-state index contributed by atoms with van der Waals surface area (Å²) < 4.78 is 10.9. The Balaban J connectivity index is 1.58. The van der Waals surface area contributed by atoms with Gasteiger partial charge in [-0.1, -0.05) is 41.6 Å². The number of thioether (sulfide) groups is 1. The lowest BCUT2D eigenvalue weighted by Gasteiger charge is -2.28. The number of carbonyl (C=O) groups excluding carboxylic acids is 2. The van der Waals surface area contributed by atoms with E-state index in [4.69, 9.17) is 20.8 Å². The number of rotatable bonds is 8. The second-order valence-corrected chi connectivity index (χ2v) is 9.39. The highest BCUT2D eigenvalue weighted by Gasteiger charge is 2.36. The van der Waals surface area contributed by atoms with Crippen LogP contribution in [0.4, 0.5) is 11.4 Å². The van der Waals surface area contributed by atoms with Crippen LogP contribution in [-0.4, -0.2) is 24.7 Å². The largest absolute Gasteiger partial charge is 0.495 e. The van der Waals surface area contributed by atoms with E-state index in [2.05, 4.69) is 22.0 Å². The number of anilines is 2. The summed E-state index contributed by atoms with van der Waals surface area (Å²) in [7, 11) is 1.50. The molecular formula is C27H23ClN4O4S. The number of ether oxygens (including phenoxy) is 1. The highest BCUT2D eigenvalue weighted by Crippen LogP contribution is 2.41. The summed E-state index contributed by atoms with van der Waals surface area (Å²) in [4.78, 5) is 26.1. The molecule has 0 aliphatic carbocycles. The van der Waals surface area contributed by atoms with Gasteiger partial charge in [-0.2, -0.15) is 5.26 Å². The third kappa shape index (κ3) is 6.00. The van der Waals surface area contributed by atoms with Crippen LogP contribution in [0.2, 0.25) is 5.02 Å². The number of furan rings is 1. The number of nitrogens with one attached hydrogen (secondary N) is 3. The van der Waals surface area contributed by atoms with Crippen molar-refractivity contribution in [3.05, 3.63) is 99.6 Å². The van der Waals surface area contributed by atoms with E-state index in [1.807, 2.05) is 18.2 Å². The van der Waals surface area contributed by atoms with Crippen LogP contribution in [0.15, 0.2) is 93.2 Å². The Kier molecular flexibility index (Phi) is 8.23. The maximum atomic E-state index is 13.3. The third-order valence-electron chi connectivity index (χ3n) is 5.53. The molecule has 37 heavy (non-hydrogen) atoms. The first-order valence-corrected chi connectivity index (χ1v) is 12.6. The topological polar surface area (TPSA) is 116 Å². The lowest BCUT2D eigenvalue weighted by Crippen LogP contribution is -2.31. The van der Waals surface area contributed by atoms with Gasteiger partial charge in [-0.15, -0.1) is 0 Å². The monoisotopic (exact) mass is 534 g/mol. The Morgan fingerprint density at radius 1 is 1.16 bits per heavy atom. The van der Waals surface area contributed by atoms with E-state index in [0.717, 1.165) is 11.8 Å².